The molecule has 10 heteroatoms. The summed E-state index contributed by atoms with van der Waals surface area (Å²) >= 11 is 0. The summed E-state index contributed by atoms with van der Waals surface area (Å²) in [5.41, 5.74) is -0.775. The summed E-state index contributed by atoms with van der Waals surface area (Å²) in [5, 5.41) is 4.31. The number of carbonyl (C=O) groups is 1. The van der Waals surface area contributed by atoms with Crippen LogP contribution in [0.5, 0.6) is 0 Å². The molecule has 0 bridgehead atoms. The second kappa shape index (κ2) is 6.88. The van der Waals surface area contributed by atoms with Crippen molar-refractivity contribution < 1.29 is 31.1 Å². The number of rotatable bonds is 3. The molecule has 0 unspecified atom stereocenters. The maximum atomic E-state index is 14.8. The Hall–Kier alpha value is -2.78. The van der Waals surface area contributed by atoms with Crippen molar-refractivity contribution in [2.45, 2.75) is 37.4 Å². The van der Waals surface area contributed by atoms with E-state index in [1.807, 2.05) is 0 Å². The predicted molar refractivity (Wildman–Crippen MR) is 95.4 cm³/mol. The first-order valence-corrected chi connectivity index (χ1v) is 9.30. The minimum atomic E-state index is -4.54. The molecular weight excluding hydrogens is 412 g/mol. The zero-order valence-electron chi connectivity index (χ0n) is 15.6. The fraction of sp³-hybridized carbons (Fsp3) is 0.400. The Labute approximate surface area is 167 Å². The third-order valence-corrected chi connectivity index (χ3v) is 5.49. The van der Waals surface area contributed by atoms with Crippen LogP contribution in [0.1, 0.15) is 35.7 Å². The monoisotopic (exact) mass is 429 g/mol. The molecule has 0 saturated carbocycles. The molecule has 2 heterocycles. The van der Waals surface area contributed by atoms with Gasteiger partial charge in [-0.3, -0.25) is 9.48 Å². The van der Waals surface area contributed by atoms with Crippen molar-refractivity contribution >= 4 is 5.91 Å². The number of benzene rings is 1. The lowest BCUT2D eigenvalue weighted by molar-refractivity contribution is -0.137. The highest BCUT2D eigenvalue weighted by Gasteiger charge is 2.45. The van der Waals surface area contributed by atoms with Crippen LogP contribution in [0.2, 0.25) is 0 Å². The first kappa shape index (κ1) is 20.5. The standard InChI is InChI=1S/C20H17F6N3O/c1-11(21)18(30)28-9-14(10-28)29-15-3-2-8-19(22,23)16(15)17(27-29)12-4-6-13(7-5-12)20(24,25)26/h4-7,14H,1-3,8-10H2. The zero-order valence-corrected chi connectivity index (χ0v) is 15.6. The lowest BCUT2D eigenvalue weighted by Crippen LogP contribution is -2.51. The second-order valence-electron chi connectivity index (χ2n) is 7.52. The van der Waals surface area contributed by atoms with Crippen molar-refractivity contribution in [2.75, 3.05) is 13.1 Å². The van der Waals surface area contributed by atoms with E-state index in [0.29, 0.717) is 12.1 Å². The average molecular weight is 429 g/mol. The van der Waals surface area contributed by atoms with Crippen molar-refractivity contribution in [3.63, 3.8) is 0 Å². The Morgan fingerprint density at radius 1 is 1.17 bits per heavy atom. The Balaban J connectivity index is 1.72. The molecule has 0 radical (unpaired) electrons. The fourth-order valence-electron chi connectivity index (χ4n) is 3.96. The Morgan fingerprint density at radius 3 is 2.37 bits per heavy atom. The van der Waals surface area contributed by atoms with Crippen LogP contribution in [0, 0.1) is 0 Å². The number of amides is 1. The predicted octanol–water partition coefficient (Wildman–Crippen LogP) is 4.86. The summed E-state index contributed by atoms with van der Waals surface area (Å²) in [7, 11) is 0. The Kier molecular flexibility index (Phi) is 4.70. The highest BCUT2D eigenvalue weighted by Crippen LogP contribution is 2.46. The lowest BCUT2D eigenvalue weighted by Gasteiger charge is -2.39. The number of nitrogens with zero attached hydrogens (tertiary/aromatic N) is 3. The lowest BCUT2D eigenvalue weighted by atomic mass is 9.89. The van der Waals surface area contributed by atoms with E-state index in [1.54, 1.807) is 0 Å². The van der Waals surface area contributed by atoms with Crippen LogP contribution in [0.15, 0.2) is 36.7 Å². The van der Waals surface area contributed by atoms with Gasteiger partial charge in [-0.25, -0.2) is 13.2 Å². The summed E-state index contributed by atoms with van der Waals surface area (Å²) in [4.78, 5) is 12.8. The van der Waals surface area contributed by atoms with Gasteiger partial charge < -0.3 is 4.90 Å². The van der Waals surface area contributed by atoms with Gasteiger partial charge >= 0.3 is 6.18 Å². The third kappa shape index (κ3) is 3.37. The first-order valence-electron chi connectivity index (χ1n) is 9.30. The van der Waals surface area contributed by atoms with Gasteiger partial charge in [0.1, 0.15) is 5.69 Å². The molecule has 4 nitrogen and oxygen atoms in total. The quantitative estimate of drug-likeness (QED) is 0.516. The Morgan fingerprint density at radius 2 is 1.80 bits per heavy atom. The highest BCUT2D eigenvalue weighted by molar-refractivity contribution is 5.91. The van der Waals surface area contributed by atoms with E-state index in [-0.39, 0.29) is 42.8 Å². The second-order valence-corrected chi connectivity index (χ2v) is 7.52. The molecule has 0 spiro atoms. The molecule has 1 aromatic heterocycles. The molecule has 160 valence electrons. The molecule has 0 N–H and O–H groups in total. The maximum Gasteiger partial charge on any atom is 0.416 e. The number of hydrogen-bond donors (Lipinski definition) is 0. The molecule has 4 rings (SSSR count). The zero-order chi connectivity index (χ0) is 21.8. The number of alkyl halides is 5. The molecule has 1 saturated heterocycles. The molecule has 0 atom stereocenters. The maximum absolute atomic E-state index is 14.8. The van der Waals surface area contributed by atoms with E-state index in [0.717, 1.165) is 24.3 Å². The first-order chi connectivity index (χ1) is 14.0. The van der Waals surface area contributed by atoms with Gasteiger partial charge in [-0.2, -0.15) is 18.3 Å². The molecule has 1 aliphatic heterocycles. The smallest absolute Gasteiger partial charge is 0.332 e. The van der Waals surface area contributed by atoms with Gasteiger partial charge in [-0.1, -0.05) is 18.7 Å². The summed E-state index contributed by atoms with van der Waals surface area (Å²) in [6, 6.07) is 3.50. The molecule has 1 aliphatic carbocycles. The summed E-state index contributed by atoms with van der Waals surface area (Å²) in [6.45, 7) is 3.14. The molecule has 1 fully saturated rings. The number of carbonyl (C=O) groups excluding carboxylic acids is 1. The summed E-state index contributed by atoms with van der Waals surface area (Å²) in [5.74, 6) is -5.13. The number of halogens is 6. The minimum Gasteiger partial charge on any atom is -0.332 e. The molecule has 1 amide bonds. The normalized spacial score (nSPS) is 18.7. The van der Waals surface area contributed by atoms with E-state index in [9.17, 15) is 31.1 Å². The van der Waals surface area contributed by atoms with Crippen LogP contribution in [-0.2, 0) is 23.3 Å². The summed E-state index contributed by atoms with van der Waals surface area (Å²) < 4.78 is 82.5. The van der Waals surface area contributed by atoms with Crippen LogP contribution in [0.4, 0.5) is 26.3 Å². The number of fused-ring (bicyclic) bond motifs is 1. The topological polar surface area (TPSA) is 38.1 Å². The molecule has 2 aliphatic rings. The van der Waals surface area contributed by atoms with Crippen LogP contribution in [0.3, 0.4) is 0 Å². The van der Waals surface area contributed by atoms with Crippen LogP contribution in [0.25, 0.3) is 11.3 Å². The van der Waals surface area contributed by atoms with Crippen molar-refractivity contribution in [3.8, 4) is 11.3 Å². The van der Waals surface area contributed by atoms with E-state index >= 15 is 0 Å². The number of likely N-dealkylation sites (tertiary alicyclic amines) is 1. The molecule has 2 aromatic rings. The van der Waals surface area contributed by atoms with Crippen molar-refractivity contribution in [1.29, 1.82) is 0 Å². The van der Waals surface area contributed by atoms with Gasteiger partial charge in [0.15, 0.2) is 5.83 Å². The number of aromatic nitrogens is 2. The van der Waals surface area contributed by atoms with Crippen molar-refractivity contribution in [3.05, 3.63) is 53.5 Å². The van der Waals surface area contributed by atoms with Crippen molar-refractivity contribution in [2.24, 2.45) is 0 Å². The van der Waals surface area contributed by atoms with Gasteiger partial charge in [-0.15, -0.1) is 0 Å². The SMILES string of the molecule is C=C(F)C(=O)N1CC(n2nc(-c3ccc(C(F)(F)F)cc3)c3c2CCCC3(F)F)C1. The summed E-state index contributed by atoms with van der Waals surface area (Å²) in [6.07, 6.45) is -4.35. The van der Waals surface area contributed by atoms with Gasteiger partial charge in [0, 0.05) is 30.8 Å². The largest absolute Gasteiger partial charge is 0.416 e. The van der Waals surface area contributed by atoms with Gasteiger partial charge in [0.05, 0.1) is 17.2 Å². The van der Waals surface area contributed by atoms with Crippen LogP contribution < -0.4 is 0 Å². The van der Waals surface area contributed by atoms with Crippen LogP contribution in [-0.4, -0.2) is 33.7 Å². The van der Waals surface area contributed by atoms with E-state index in [1.165, 1.54) is 9.58 Å². The Bertz CT molecular complexity index is 1000. The van der Waals surface area contributed by atoms with Crippen LogP contribution >= 0.6 is 0 Å². The molecule has 1 aromatic carbocycles. The number of hydrogen-bond acceptors (Lipinski definition) is 2. The van der Waals surface area contributed by atoms with Gasteiger partial charge in [0.25, 0.3) is 11.8 Å². The fourth-order valence-corrected chi connectivity index (χ4v) is 3.96. The van der Waals surface area contributed by atoms with Gasteiger partial charge in [-0.05, 0) is 25.0 Å². The average Bonchev–Trinajstić information content (AvgIpc) is 3.00. The minimum absolute atomic E-state index is 0.0666. The molecular formula is C20H17F6N3O. The highest BCUT2D eigenvalue weighted by atomic mass is 19.4. The van der Waals surface area contributed by atoms with Gasteiger partial charge in [0.2, 0.25) is 0 Å². The molecule has 30 heavy (non-hydrogen) atoms. The van der Waals surface area contributed by atoms with Crippen molar-refractivity contribution in [1.82, 2.24) is 14.7 Å². The van der Waals surface area contributed by atoms with E-state index in [2.05, 4.69) is 11.7 Å². The van der Waals surface area contributed by atoms with E-state index < -0.39 is 35.4 Å². The third-order valence-electron chi connectivity index (χ3n) is 5.49. The van der Waals surface area contributed by atoms with E-state index in [4.69, 9.17) is 0 Å².